The number of aliphatic hydroxyl groups excluding tert-OH is 1. The second-order valence-electron chi connectivity index (χ2n) is 2.66. The highest BCUT2D eigenvalue weighted by Crippen LogP contribution is 2.03. The minimum Gasteiger partial charge on any atom is -0.395 e. The van der Waals surface area contributed by atoms with Gasteiger partial charge in [-0.15, -0.1) is 6.58 Å². The molecule has 13 heavy (non-hydrogen) atoms. The van der Waals surface area contributed by atoms with Crippen molar-refractivity contribution in [2.24, 2.45) is 0 Å². The van der Waals surface area contributed by atoms with Gasteiger partial charge in [0.15, 0.2) is 0 Å². The maximum absolute atomic E-state index is 11.5. The molecule has 0 aliphatic carbocycles. The molecule has 0 saturated heterocycles. The zero-order valence-corrected chi connectivity index (χ0v) is 8.79. The summed E-state index contributed by atoms with van der Waals surface area (Å²) in [5, 5.41) is 8.65. The molecule has 0 spiro atoms. The summed E-state index contributed by atoms with van der Waals surface area (Å²) in [4.78, 5) is 0. The van der Waals surface area contributed by atoms with Gasteiger partial charge in [-0.05, 0) is 0 Å². The minimum atomic E-state index is -3.43. The average molecular weight is 208 g/mol. The Morgan fingerprint density at radius 2 is 2.00 bits per heavy atom. The van der Waals surface area contributed by atoms with E-state index >= 15 is 0 Å². The molecule has 78 valence electrons. The Hall–Kier alpha value is -0.430. The van der Waals surface area contributed by atoms with E-state index in [0.717, 1.165) is 8.61 Å². The molecule has 0 rings (SSSR count). The summed E-state index contributed by atoms with van der Waals surface area (Å²) in [5.74, 6) is 0. The zero-order valence-electron chi connectivity index (χ0n) is 7.97. The molecule has 0 aliphatic rings. The molecule has 5 nitrogen and oxygen atoms in total. The normalized spacial score (nSPS) is 12.4. The summed E-state index contributed by atoms with van der Waals surface area (Å²) in [7, 11) is -0.533. The quantitative estimate of drug-likeness (QED) is 0.586. The Labute approximate surface area is 79.4 Å². The Balaban J connectivity index is 4.61. The maximum atomic E-state index is 11.5. The number of hydrogen-bond acceptors (Lipinski definition) is 3. The monoisotopic (exact) mass is 208 g/mol. The Morgan fingerprint density at radius 1 is 1.46 bits per heavy atom. The fourth-order valence-electron chi connectivity index (χ4n) is 0.787. The lowest BCUT2D eigenvalue weighted by Gasteiger charge is -2.23. The van der Waals surface area contributed by atoms with Crippen molar-refractivity contribution in [3.8, 4) is 0 Å². The highest BCUT2D eigenvalue weighted by Gasteiger charge is 2.22. The second kappa shape index (κ2) is 5.33. The summed E-state index contributed by atoms with van der Waals surface area (Å²) >= 11 is 0. The molecule has 0 saturated carbocycles. The fourth-order valence-corrected chi connectivity index (χ4v) is 1.86. The highest BCUT2D eigenvalue weighted by atomic mass is 32.2. The summed E-state index contributed by atoms with van der Waals surface area (Å²) < 4.78 is 25.3. The highest BCUT2D eigenvalue weighted by molar-refractivity contribution is 7.86. The molecule has 1 N–H and O–H groups in total. The van der Waals surface area contributed by atoms with Gasteiger partial charge in [-0.25, -0.2) is 0 Å². The van der Waals surface area contributed by atoms with Crippen LogP contribution in [0.15, 0.2) is 12.7 Å². The molecular weight excluding hydrogens is 192 g/mol. The van der Waals surface area contributed by atoms with Gasteiger partial charge >= 0.3 is 0 Å². The van der Waals surface area contributed by atoms with Crippen LogP contribution in [0.25, 0.3) is 0 Å². The number of nitrogens with zero attached hydrogens (tertiary/aromatic N) is 2. The number of aliphatic hydroxyl groups is 1. The van der Waals surface area contributed by atoms with Crippen molar-refractivity contribution in [1.82, 2.24) is 8.61 Å². The molecule has 0 atom stereocenters. The molecule has 0 bridgehead atoms. The summed E-state index contributed by atoms with van der Waals surface area (Å²) in [6, 6.07) is 0. The van der Waals surface area contributed by atoms with Gasteiger partial charge in [-0.2, -0.15) is 17.0 Å². The van der Waals surface area contributed by atoms with E-state index in [-0.39, 0.29) is 19.7 Å². The zero-order chi connectivity index (χ0) is 10.5. The van der Waals surface area contributed by atoms with Crippen molar-refractivity contribution in [3.63, 3.8) is 0 Å². The first-order valence-electron chi connectivity index (χ1n) is 3.86. The lowest BCUT2D eigenvalue weighted by atomic mass is 10.6. The molecule has 0 amide bonds. The summed E-state index contributed by atoms with van der Waals surface area (Å²) in [6.07, 6.45) is 1.48. The van der Waals surface area contributed by atoms with E-state index in [1.165, 1.54) is 20.2 Å². The third-order valence-corrected chi connectivity index (χ3v) is 3.38. The molecule has 0 unspecified atom stereocenters. The van der Waals surface area contributed by atoms with E-state index in [4.69, 9.17) is 5.11 Å². The maximum Gasteiger partial charge on any atom is 0.281 e. The van der Waals surface area contributed by atoms with E-state index in [2.05, 4.69) is 6.58 Å². The molecule has 0 aromatic carbocycles. The van der Waals surface area contributed by atoms with Crippen LogP contribution in [0.2, 0.25) is 0 Å². The van der Waals surface area contributed by atoms with Crippen molar-refractivity contribution in [2.45, 2.75) is 0 Å². The van der Waals surface area contributed by atoms with Crippen LogP contribution in [-0.4, -0.2) is 55.9 Å². The molecule has 0 radical (unpaired) electrons. The van der Waals surface area contributed by atoms with E-state index in [9.17, 15) is 8.42 Å². The van der Waals surface area contributed by atoms with Crippen molar-refractivity contribution >= 4 is 10.2 Å². The smallest absolute Gasteiger partial charge is 0.281 e. The van der Waals surface area contributed by atoms with Crippen LogP contribution < -0.4 is 0 Å². The predicted molar refractivity (Wildman–Crippen MR) is 51.5 cm³/mol. The molecule has 0 fully saturated rings. The van der Waals surface area contributed by atoms with E-state index < -0.39 is 10.2 Å². The minimum absolute atomic E-state index is 0.0898. The average Bonchev–Trinajstić information content (AvgIpc) is 2.03. The predicted octanol–water partition coefficient (Wildman–Crippen LogP) is -0.727. The van der Waals surface area contributed by atoms with Gasteiger partial charge in [0.1, 0.15) is 0 Å². The van der Waals surface area contributed by atoms with E-state index in [1.54, 1.807) is 0 Å². The van der Waals surface area contributed by atoms with Crippen molar-refractivity contribution in [2.75, 3.05) is 33.8 Å². The topological polar surface area (TPSA) is 60.9 Å². The third-order valence-electron chi connectivity index (χ3n) is 1.47. The van der Waals surface area contributed by atoms with Gasteiger partial charge in [0, 0.05) is 27.2 Å². The lowest BCUT2D eigenvalue weighted by Crippen LogP contribution is -2.41. The Bertz CT molecular complexity index is 248. The van der Waals surface area contributed by atoms with Crippen LogP contribution in [-0.2, 0) is 10.2 Å². The van der Waals surface area contributed by atoms with Gasteiger partial charge in [0.25, 0.3) is 10.2 Å². The lowest BCUT2D eigenvalue weighted by molar-refractivity contribution is 0.255. The van der Waals surface area contributed by atoms with Crippen LogP contribution >= 0.6 is 0 Å². The standard InChI is InChI=1S/C7H16N2O3S/c1-4-5-9(6-7-10)13(11,12)8(2)3/h4,10H,1,5-7H2,2-3H3. The molecular formula is C7H16N2O3S. The Morgan fingerprint density at radius 3 is 2.31 bits per heavy atom. The molecule has 0 heterocycles. The summed E-state index contributed by atoms with van der Waals surface area (Å²) in [5.41, 5.74) is 0. The molecule has 6 heteroatoms. The van der Waals surface area contributed by atoms with Crippen LogP contribution in [0.4, 0.5) is 0 Å². The van der Waals surface area contributed by atoms with Gasteiger partial charge < -0.3 is 5.11 Å². The fraction of sp³-hybridized carbons (Fsp3) is 0.714. The second-order valence-corrected chi connectivity index (χ2v) is 4.80. The third kappa shape index (κ3) is 3.43. The van der Waals surface area contributed by atoms with E-state index in [1.807, 2.05) is 0 Å². The van der Waals surface area contributed by atoms with Crippen LogP contribution in [0.5, 0.6) is 0 Å². The number of rotatable bonds is 6. The van der Waals surface area contributed by atoms with Crippen molar-refractivity contribution < 1.29 is 13.5 Å². The first-order valence-corrected chi connectivity index (χ1v) is 5.26. The van der Waals surface area contributed by atoms with Gasteiger partial charge in [0.2, 0.25) is 0 Å². The first kappa shape index (κ1) is 12.6. The first-order chi connectivity index (χ1) is 5.96. The van der Waals surface area contributed by atoms with Gasteiger partial charge in [-0.1, -0.05) is 6.08 Å². The summed E-state index contributed by atoms with van der Waals surface area (Å²) in [6.45, 7) is 3.55. The molecule has 0 aromatic rings. The number of hydrogen-bond donors (Lipinski definition) is 1. The van der Waals surface area contributed by atoms with Crippen molar-refractivity contribution in [1.29, 1.82) is 0 Å². The SMILES string of the molecule is C=CCN(CCO)S(=O)(=O)N(C)C. The van der Waals surface area contributed by atoms with E-state index in [0.29, 0.717) is 0 Å². The van der Waals surface area contributed by atoms with Crippen LogP contribution in [0.1, 0.15) is 0 Å². The van der Waals surface area contributed by atoms with Gasteiger partial charge in [0.05, 0.1) is 6.61 Å². The molecule has 0 aromatic heterocycles. The molecule has 0 aliphatic heterocycles. The largest absolute Gasteiger partial charge is 0.395 e. The Kier molecular flexibility index (Phi) is 5.16. The van der Waals surface area contributed by atoms with Crippen LogP contribution in [0.3, 0.4) is 0 Å². The van der Waals surface area contributed by atoms with Crippen molar-refractivity contribution in [3.05, 3.63) is 12.7 Å². The van der Waals surface area contributed by atoms with Gasteiger partial charge in [-0.3, -0.25) is 0 Å². The van der Waals surface area contributed by atoms with Crippen LogP contribution in [0, 0.1) is 0 Å².